The molecule has 0 radical (unpaired) electrons. The van der Waals surface area contributed by atoms with Gasteiger partial charge in [-0.05, 0) is 10.8 Å². The summed E-state index contributed by atoms with van der Waals surface area (Å²) < 4.78 is 0. The number of carboxylic acid groups (broad SMARTS) is 8. The second-order valence-corrected chi connectivity index (χ2v) is 3.48. The monoisotopic (exact) mass is 376 g/mol. The van der Waals surface area contributed by atoms with Crippen LogP contribution in [0.4, 0.5) is 19.2 Å². The van der Waals surface area contributed by atoms with Gasteiger partial charge in [-0.3, -0.25) is 0 Å². The molecule has 0 aliphatic heterocycles. The van der Waals surface area contributed by atoms with Crippen molar-refractivity contribution in [1.29, 1.82) is 0 Å². The van der Waals surface area contributed by atoms with Crippen LogP contribution >= 0.6 is 0 Å². The lowest BCUT2D eigenvalue weighted by molar-refractivity contribution is 0.135. The second kappa shape index (κ2) is 17.1. The molecule has 0 amide bonds. The highest BCUT2D eigenvalue weighted by atomic mass is 16.6. The number of benzene rings is 2. The zero-order chi connectivity index (χ0) is 21.1. The predicted octanol–water partition coefficient (Wildman–Crippen LogP) is 3.73. The third-order valence-electron chi connectivity index (χ3n) is 1.66. The van der Waals surface area contributed by atoms with Gasteiger partial charge in [0.25, 0.3) is 0 Å². The highest BCUT2D eigenvalue weighted by molar-refractivity contribution is 5.82. The van der Waals surface area contributed by atoms with Crippen molar-refractivity contribution >= 4 is 35.4 Å². The van der Waals surface area contributed by atoms with Crippen LogP contribution in [0, 0.1) is 0 Å². The molecular weight excluding hydrogens is 360 g/mol. The van der Waals surface area contributed by atoms with Gasteiger partial charge in [-0.2, -0.15) is 0 Å². The van der Waals surface area contributed by atoms with E-state index in [4.69, 9.17) is 60.0 Å². The SMILES string of the molecule is O=C(O)O.O=C(O)O.O=C(O)O.O=C(O)O.c1ccc2ccccc2c1. The molecule has 12 nitrogen and oxygen atoms in total. The maximum absolute atomic E-state index is 8.56. The van der Waals surface area contributed by atoms with Gasteiger partial charge in [-0.1, -0.05) is 48.5 Å². The number of rotatable bonds is 0. The third kappa shape index (κ3) is 36.7. The lowest BCUT2D eigenvalue weighted by atomic mass is 10.1. The van der Waals surface area contributed by atoms with Gasteiger partial charge in [0.05, 0.1) is 0 Å². The van der Waals surface area contributed by atoms with E-state index in [2.05, 4.69) is 48.5 Å². The van der Waals surface area contributed by atoms with Gasteiger partial charge in [0.2, 0.25) is 0 Å². The van der Waals surface area contributed by atoms with Gasteiger partial charge in [-0.25, -0.2) is 19.2 Å². The summed E-state index contributed by atoms with van der Waals surface area (Å²) in [5.74, 6) is 0. The van der Waals surface area contributed by atoms with Crippen molar-refractivity contribution in [3.63, 3.8) is 0 Å². The first-order valence-electron chi connectivity index (χ1n) is 6.01. The van der Waals surface area contributed by atoms with E-state index in [-0.39, 0.29) is 0 Å². The number of hydrogen-bond donors (Lipinski definition) is 8. The topological polar surface area (TPSA) is 230 Å². The fourth-order valence-corrected chi connectivity index (χ4v) is 1.13. The number of hydrogen-bond acceptors (Lipinski definition) is 4. The van der Waals surface area contributed by atoms with E-state index in [1.54, 1.807) is 0 Å². The molecule has 0 saturated heterocycles. The smallest absolute Gasteiger partial charge is 0.450 e. The number of fused-ring (bicyclic) bond motifs is 1. The van der Waals surface area contributed by atoms with E-state index >= 15 is 0 Å². The average Bonchev–Trinajstić information content (AvgIpc) is 2.45. The summed E-state index contributed by atoms with van der Waals surface area (Å²) in [6.07, 6.45) is -7.33. The van der Waals surface area contributed by atoms with Gasteiger partial charge in [0, 0.05) is 0 Å². The molecule has 0 aliphatic carbocycles. The Kier molecular flexibility index (Phi) is 17.6. The van der Waals surface area contributed by atoms with Crippen molar-refractivity contribution in [1.82, 2.24) is 0 Å². The van der Waals surface area contributed by atoms with Crippen molar-refractivity contribution < 1.29 is 60.0 Å². The summed E-state index contributed by atoms with van der Waals surface area (Å²) in [5, 5.41) is 58.4. The van der Waals surface area contributed by atoms with Crippen LogP contribution in [0.3, 0.4) is 0 Å². The Morgan fingerprint density at radius 1 is 0.423 bits per heavy atom. The molecule has 2 rings (SSSR count). The summed E-state index contributed by atoms with van der Waals surface area (Å²) in [6, 6.07) is 16.7. The summed E-state index contributed by atoms with van der Waals surface area (Å²) in [5.41, 5.74) is 0. The standard InChI is InChI=1S/C10H8.4CH2O3/c1-2-6-10-8-4-3-7-9(10)5-1;4*2-1(3)4/h1-8H;4*(H2,2,3,4). The van der Waals surface area contributed by atoms with Gasteiger partial charge in [0.1, 0.15) is 0 Å². The maximum atomic E-state index is 8.56. The van der Waals surface area contributed by atoms with Crippen LogP contribution in [-0.2, 0) is 0 Å². The van der Waals surface area contributed by atoms with E-state index in [0.717, 1.165) is 0 Å². The molecule has 0 heterocycles. The molecular formula is C14H16O12. The molecule has 0 bridgehead atoms. The Labute approximate surface area is 145 Å². The normalized spacial score (nSPS) is 7.54. The zero-order valence-corrected chi connectivity index (χ0v) is 12.8. The first-order chi connectivity index (χ1) is 11.9. The highest BCUT2D eigenvalue weighted by Gasteiger charge is 1.85. The Bertz CT molecular complexity index is 553. The molecule has 144 valence electrons. The number of carbonyl (C=O) groups is 4. The molecule has 0 aromatic heterocycles. The average molecular weight is 376 g/mol. The summed E-state index contributed by atoms with van der Waals surface area (Å²) in [7, 11) is 0. The van der Waals surface area contributed by atoms with E-state index < -0.39 is 24.6 Å². The minimum atomic E-state index is -1.83. The maximum Gasteiger partial charge on any atom is 0.503 e. The van der Waals surface area contributed by atoms with Crippen LogP contribution in [0.15, 0.2) is 48.5 Å². The van der Waals surface area contributed by atoms with Gasteiger partial charge in [-0.15, -0.1) is 0 Å². The van der Waals surface area contributed by atoms with Crippen molar-refractivity contribution in [2.45, 2.75) is 0 Å². The minimum absolute atomic E-state index is 1.31. The molecule has 2 aromatic carbocycles. The highest BCUT2D eigenvalue weighted by Crippen LogP contribution is 2.11. The van der Waals surface area contributed by atoms with Crippen LogP contribution < -0.4 is 0 Å². The molecule has 0 spiro atoms. The first kappa shape index (κ1) is 26.7. The Hall–Kier alpha value is -4.22. The molecule has 0 fully saturated rings. The molecule has 26 heavy (non-hydrogen) atoms. The summed E-state index contributed by atoms with van der Waals surface area (Å²) >= 11 is 0. The van der Waals surface area contributed by atoms with Crippen LogP contribution in [0.25, 0.3) is 10.8 Å². The first-order valence-corrected chi connectivity index (χ1v) is 6.01. The Balaban J connectivity index is -0.000000284. The molecule has 0 saturated carbocycles. The molecule has 0 unspecified atom stereocenters. The minimum Gasteiger partial charge on any atom is -0.450 e. The summed E-state index contributed by atoms with van der Waals surface area (Å²) in [4.78, 5) is 34.2. The molecule has 8 N–H and O–H groups in total. The van der Waals surface area contributed by atoms with Gasteiger partial charge < -0.3 is 40.9 Å². The van der Waals surface area contributed by atoms with E-state index in [1.807, 2.05) is 0 Å². The van der Waals surface area contributed by atoms with Crippen LogP contribution in [-0.4, -0.2) is 65.5 Å². The third-order valence-corrected chi connectivity index (χ3v) is 1.66. The van der Waals surface area contributed by atoms with Crippen LogP contribution in [0.1, 0.15) is 0 Å². The van der Waals surface area contributed by atoms with Crippen molar-refractivity contribution in [2.75, 3.05) is 0 Å². The van der Waals surface area contributed by atoms with Gasteiger partial charge >= 0.3 is 24.6 Å². The largest absolute Gasteiger partial charge is 0.503 e. The van der Waals surface area contributed by atoms with Crippen LogP contribution in [0.5, 0.6) is 0 Å². The van der Waals surface area contributed by atoms with Gasteiger partial charge in [0.15, 0.2) is 0 Å². The Morgan fingerprint density at radius 3 is 0.654 bits per heavy atom. The summed E-state index contributed by atoms with van der Waals surface area (Å²) in [6.45, 7) is 0. The van der Waals surface area contributed by atoms with E-state index in [0.29, 0.717) is 0 Å². The molecule has 12 heteroatoms. The predicted molar refractivity (Wildman–Crippen MR) is 86.6 cm³/mol. The molecule has 0 atom stereocenters. The molecule has 2 aromatic rings. The van der Waals surface area contributed by atoms with Crippen molar-refractivity contribution in [3.05, 3.63) is 48.5 Å². The van der Waals surface area contributed by atoms with Crippen molar-refractivity contribution in [2.24, 2.45) is 0 Å². The molecule has 0 aliphatic rings. The zero-order valence-electron chi connectivity index (χ0n) is 12.8. The van der Waals surface area contributed by atoms with Crippen LogP contribution in [0.2, 0.25) is 0 Å². The quantitative estimate of drug-likeness (QED) is 0.328. The second-order valence-electron chi connectivity index (χ2n) is 3.48. The fourth-order valence-electron chi connectivity index (χ4n) is 1.13. The van der Waals surface area contributed by atoms with E-state index in [1.165, 1.54) is 10.8 Å². The lowest BCUT2D eigenvalue weighted by Gasteiger charge is -1.92. The Morgan fingerprint density at radius 2 is 0.538 bits per heavy atom. The fraction of sp³-hybridized carbons (Fsp3) is 0. The lowest BCUT2D eigenvalue weighted by Crippen LogP contribution is -1.81. The van der Waals surface area contributed by atoms with Crippen molar-refractivity contribution in [3.8, 4) is 0 Å². The van der Waals surface area contributed by atoms with E-state index in [9.17, 15) is 0 Å².